The Bertz CT molecular complexity index is 958. The van der Waals surface area contributed by atoms with Crippen molar-refractivity contribution in [3.63, 3.8) is 0 Å². The molecule has 1 saturated heterocycles. The number of esters is 1. The van der Waals surface area contributed by atoms with Crippen molar-refractivity contribution in [3.05, 3.63) is 41.5 Å². The number of likely N-dealkylation sites (tertiary alicyclic amines) is 1. The van der Waals surface area contributed by atoms with E-state index in [2.05, 4.69) is 5.32 Å². The van der Waals surface area contributed by atoms with Crippen LogP contribution in [0.5, 0.6) is 0 Å². The number of aliphatic hydroxyl groups excluding tert-OH is 1. The van der Waals surface area contributed by atoms with E-state index in [-0.39, 0.29) is 36.9 Å². The number of amides is 2. The van der Waals surface area contributed by atoms with Crippen LogP contribution in [0.2, 0.25) is 0 Å². The zero-order valence-electron chi connectivity index (χ0n) is 21.1. The predicted molar refractivity (Wildman–Crippen MR) is 131 cm³/mol. The molecule has 186 valence electrons. The van der Waals surface area contributed by atoms with E-state index in [1.165, 1.54) is 0 Å². The largest absolute Gasteiger partial charge is 0.466 e. The second kappa shape index (κ2) is 10.7. The van der Waals surface area contributed by atoms with Gasteiger partial charge in [-0.05, 0) is 49.8 Å². The van der Waals surface area contributed by atoms with Crippen LogP contribution in [0, 0.1) is 43.4 Å². The molecule has 0 aromatic heterocycles. The molecule has 7 atom stereocenters. The van der Waals surface area contributed by atoms with Crippen LogP contribution in [0.4, 0.5) is 5.69 Å². The van der Waals surface area contributed by atoms with Gasteiger partial charge in [0.2, 0.25) is 11.8 Å². The van der Waals surface area contributed by atoms with Crippen LogP contribution in [0.15, 0.2) is 30.4 Å². The summed E-state index contributed by atoms with van der Waals surface area (Å²) in [5.74, 6) is -3.05. The smallest absolute Gasteiger partial charge is 0.310 e. The molecule has 2 N–H and O–H groups in total. The molecule has 2 amide bonds. The van der Waals surface area contributed by atoms with E-state index in [0.717, 1.165) is 17.5 Å². The summed E-state index contributed by atoms with van der Waals surface area (Å²) in [6.45, 7) is 11.5. The number of carbonyl (C=O) groups excluding carboxylic acids is 3. The number of nitrogens with one attached hydrogen (secondary N) is 1. The molecule has 0 unspecified atom stereocenters. The Labute approximate surface area is 202 Å². The number of hydrogen-bond acceptors (Lipinski definition) is 5. The molecule has 1 aromatic carbocycles. The number of rotatable bonds is 8. The lowest BCUT2D eigenvalue weighted by atomic mass is 9.70. The van der Waals surface area contributed by atoms with Gasteiger partial charge < -0.3 is 20.1 Å². The summed E-state index contributed by atoms with van der Waals surface area (Å²) in [5, 5.41) is 13.3. The van der Waals surface area contributed by atoms with Crippen molar-refractivity contribution in [2.24, 2.45) is 29.6 Å². The molecule has 2 aliphatic rings. The summed E-state index contributed by atoms with van der Waals surface area (Å²) in [5.41, 5.74) is 2.63. The monoisotopic (exact) mass is 470 g/mol. The minimum atomic E-state index is -0.829. The zero-order valence-corrected chi connectivity index (χ0v) is 21.1. The summed E-state index contributed by atoms with van der Waals surface area (Å²) < 4.78 is 5.33. The van der Waals surface area contributed by atoms with Crippen LogP contribution < -0.4 is 5.32 Å². The van der Waals surface area contributed by atoms with Gasteiger partial charge >= 0.3 is 5.97 Å². The van der Waals surface area contributed by atoms with Gasteiger partial charge in [0, 0.05) is 11.6 Å². The topological polar surface area (TPSA) is 95.9 Å². The highest BCUT2D eigenvalue weighted by Crippen LogP contribution is 2.46. The molecule has 0 saturated carbocycles. The number of ether oxygens (including phenoxy) is 1. The Balaban J connectivity index is 2.06. The number of carbonyl (C=O) groups is 3. The number of allylic oxidation sites excluding steroid dienone is 1. The molecule has 3 rings (SSSR count). The summed E-state index contributed by atoms with van der Waals surface area (Å²) in [6, 6.07) is 4.48. The predicted octanol–water partition coefficient (Wildman–Crippen LogP) is 3.48. The van der Waals surface area contributed by atoms with Gasteiger partial charge in [-0.2, -0.15) is 0 Å². The Morgan fingerprint density at radius 1 is 1.21 bits per heavy atom. The third-order valence-electron chi connectivity index (χ3n) is 7.53. The SMILES string of the molecule is CCOC(=O)[C@H]1[C@@H]2C(=O)N([C@@H](CO)[C@@H](C)CC)[C@H](C(=O)Nc3cc(C)ccc3C)[C@H]2C=C[C@H]1C. The molecular weight excluding hydrogens is 432 g/mol. The van der Waals surface area contributed by atoms with Gasteiger partial charge in [-0.3, -0.25) is 14.4 Å². The van der Waals surface area contributed by atoms with Gasteiger partial charge in [-0.15, -0.1) is 0 Å². The molecule has 0 radical (unpaired) electrons. The minimum absolute atomic E-state index is 0.0208. The van der Waals surface area contributed by atoms with Crippen LogP contribution in [-0.4, -0.2) is 53.1 Å². The highest BCUT2D eigenvalue weighted by molar-refractivity contribution is 6.02. The number of fused-ring (bicyclic) bond motifs is 1. The third-order valence-corrected chi connectivity index (χ3v) is 7.53. The molecule has 1 aliphatic heterocycles. The van der Waals surface area contributed by atoms with Crippen molar-refractivity contribution in [2.75, 3.05) is 18.5 Å². The van der Waals surface area contributed by atoms with Crippen molar-refractivity contribution >= 4 is 23.5 Å². The first-order valence-electron chi connectivity index (χ1n) is 12.3. The average molecular weight is 471 g/mol. The Morgan fingerprint density at radius 3 is 2.53 bits per heavy atom. The number of hydrogen-bond donors (Lipinski definition) is 2. The van der Waals surface area contributed by atoms with E-state index in [1.807, 2.05) is 65.0 Å². The van der Waals surface area contributed by atoms with Crippen molar-refractivity contribution in [1.82, 2.24) is 4.90 Å². The highest BCUT2D eigenvalue weighted by atomic mass is 16.5. The van der Waals surface area contributed by atoms with E-state index in [4.69, 9.17) is 4.74 Å². The van der Waals surface area contributed by atoms with E-state index in [1.54, 1.807) is 11.8 Å². The third kappa shape index (κ3) is 4.76. The maximum atomic E-state index is 13.9. The van der Waals surface area contributed by atoms with Crippen LogP contribution >= 0.6 is 0 Å². The first-order valence-corrected chi connectivity index (χ1v) is 12.3. The van der Waals surface area contributed by atoms with Crippen LogP contribution in [-0.2, 0) is 19.1 Å². The number of aliphatic hydroxyl groups is 1. The van der Waals surface area contributed by atoms with Crippen LogP contribution in [0.1, 0.15) is 45.2 Å². The van der Waals surface area contributed by atoms with Gasteiger partial charge in [0.05, 0.1) is 31.1 Å². The Hall–Kier alpha value is -2.67. The van der Waals surface area contributed by atoms with Gasteiger partial charge in [-0.1, -0.05) is 51.5 Å². The van der Waals surface area contributed by atoms with E-state index >= 15 is 0 Å². The van der Waals surface area contributed by atoms with E-state index in [9.17, 15) is 19.5 Å². The lowest BCUT2D eigenvalue weighted by Gasteiger charge is -2.36. The lowest BCUT2D eigenvalue weighted by Crippen LogP contribution is -2.52. The second-order valence-corrected chi connectivity index (χ2v) is 9.76. The summed E-state index contributed by atoms with van der Waals surface area (Å²) >= 11 is 0. The number of anilines is 1. The first-order chi connectivity index (χ1) is 16.2. The Kier molecular flexibility index (Phi) is 8.18. The number of aryl methyl sites for hydroxylation is 2. The van der Waals surface area contributed by atoms with E-state index < -0.39 is 35.8 Å². The fraction of sp³-hybridized carbons (Fsp3) is 0.593. The average Bonchev–Trinajstić information content (AvgIpc) is 3.09. The standard InChI is InChI=1S/C27H38N2O5/c1-7-16(4)21(14-30)29-24(25(31)28-20-13-15(3)9-10-17(20)5)19-12-11-18(6)22(23(19)26(29)32)27(33)34-8-2/h9-13,16,18-19,21-24,30H,7-8,14H2,1-6H3,(H,28,31)/t16-,18+,19-,21-,22+,23+,24-/m0/s1. The molecule has 7 heteroatoms. The number of nitrogens with zero attached hydrogens (tertiary/aromatic N) is 1. The maximum absolute atomic E-state index is 13.9. The fourth-order valence-electron chi connectivity index (χ4n) is 5.39. The first kappa shape index (κ1) is 25.9. The maximum Gasteiger partial charge on any atom is 0.310 e. The minimum Gasteiger partial charge on any atom is -0.466 e. The van der Waals surface area contributed by atoms with Crippen molar-refractivity contribution in [2.45, 2.75) is 60.0 Å². The molecule has 0 spiro atoms. The van der Waals surface area contributed by atoms with Gasteiger partial charge in [0.25, 0.3) is 0 Å². The van der Waals surface area contributed by atoms with Crippen molar-refractivity contribution in [1.29, 1.82) is 0 Å². The molecule has 0 bridgehead atoms. The molecule has 7 nitrogen and oxygen atoms in total. The summed E-state index contributed by atoms with van der Waals surface area (Å²) in [6.07, 6.45) is 4.56. The fourth-order valence-corrected chi connectivity index (χ4v) is 5.39. The summed E-state index contributed by atoms with van der Waals surface area (Å²) in [7, 11) is 0. The molecule has 1 aromatic rings. The van der Waals surface area contributed by atoms with Crippen molar-refractivity contribution < 1.29 is 24.2 Å². The van der Waals surface area contributed by atoms with E-state index in [0.29, 0.717) is 5.69 Å². The second-order valence-electron chi connectivity index (χ2n) is 9.76. The number of benzene rings is 1. The normalized spacial score (nSPS) is 27.8. The quantitative estimate of drug-likeness (QED) is 0.448. The lowest BCUT2D eigenvalue weighted by molar-refractivity contribution is -0.156. The molecular formula is C27H38N2O5. The highest BCUT2D eigenvalue weighted by Gasteiger charge is 2.58. The van der Waals surface area contributed by atoms with Gasteiger partial charge in [-0.25, -0.2) is 0 Å². The molecule has 1 aliphatic carbocycles. The molecule has 1 heterocycles. The Morgan fingerprint density at radius 2 is 1.91 bits per heavy atom. The summed E-state index contributed by atoms with van der Waals surface area (Å²) in [4.78, 5) is 42.1. The van der Waals surface area contributed by atoms with Gasteiger partial charge in [0.1, 0.15) is 6.04 Å². The zero-order chi connectivity index (χ0) is 25.2. The van der Waals surface area contributed by atoms with Gasteiger partial charge in [0.15, 0.2) is 0 Å². The van der Waals surface area contributed by atoms with Crippen molar-refractivity contribution in [3.8, 4) is 0 Å². The van der Waals surface area contributed by atoms with Crippen LogP contribution in [0.3, 0.4) is 0 Å². The van der Waals surface area contributed by atoms with Crippen LogP contribution in [0.25, 0.3) is 0 Å². The molecule has 1 fully saturated rings. The molecule has 34 heavy (non-hydrogen) atoms.